The summed E-state index contributed by atoms with van der Waals surface area (Å²) in [4.78, 5) is 27.8. The van der Waals surface area contributed by atoms with Crippen LogP contribution in [0.4, 0.5) is 5.69 Å². The highest BCUT2D eigenvalue weighted by molar-refractivity contribution is 5.95. The summed E-state index contributed by atoms with van der Waals surface area (Å²) in [6.07, 6.45) is 6.61. The van der Waals surface area contributed by atoms with Gasteiger partial charge < -0.3 is 14.4 Å². The average Bonchev–Trinajstić information content (AvgIpc) is 2.88. The van der Waals surface area contributed by atoms with Crippen molar-refractivity contribution < 1.29 is 19.1 Å². The summed E-state index contributed by atoms with van der Waals surface area (Å²) >= 11 is 0. The maximum Gasteiger partial charge on any atom is 0.345 e. The Kier molecular flexibility index (Phi) is 9.02. The number of unbranched alkanes of at least 4 members (excludes halogenated alkanes) is 3. The van der Waals surface area contributed by atoms with Gasteiger partial charge in [0.25, 0.3) is 0 Å². The number of aryl methyl sites for hydroxylation is 1. The molecule has 1 heterocycles. The lowest BCUT2D eigenvalue weighted by molar-refractivity contribution is -0.127. The predicted molar refractivity (Wildman–Crippen MR) is 162 cm³/mol. The molecule has 1 aliphatic rings. The van der Waals surface area contributed by atoms with Crippen molar-refractivity contribution in [3.8, 4) is 16.9 Å². The van der Waals surface area contributed by atoms with E-state index in [0.717, 1.165) is 28.8 Å². The third kappa shape index (κ3) is 7.74. The van der Waals surface area contributed by atoms with Crippen LogP contribution in [0, 0.1) is 5.41 Å². The Hall–Kier alpha value is -3.60. The molecule has 0 saturated carbocycles. The molecule has 1 amide bonds. The summed E-state index contributed by atoms with van der Waals surface area (Å²) < 4.78 is 11.3. The average molecular weight is 542 g/mol. The first-order valence-electron chi connectivity index (χ1n) is 14.5. The number of benzene rings is 3. The maximum atomic E-state index is 13.5. The molecule has 0 N–H and O–H groups in total. The monoisotopic (exact) mass is 541 g/mol. The minimum absolute atomic E-state index is 0.0473. The lowest BCUT2D eigenvalue weighted by Gasteiger charge is -2.32. The Bertz CT molecular complexity index is 1320. The predicted octanol–water partition coefficient (Wildman–Crippen LogP) is 8.73. The van der Waals surface area contributed by atoms with Crippen LogP contribution < -0.4 is 9.64 Å². The van der Waals surface area contributed by atoms with Crippen LogP contribution in [0.25, 0.3) is 11.1 Å². The number of cyclic esters (lactones) is 1. The normalized spacial score (nSPS) is 14.2. The molecule has 0 saturated heterocycles. The molecule has 0 aromatic heterocycles. The fraction of sp³-hybridized carbons (Fsp3) is 0.429. The Morgan fingerprint density at radius 1 is 0.825 bits per heavy atom. The molecule has 0 bridgehead atoms. The van der Waals surface area contributed by atoms with Crippen molar-refractivity contribution in [1.29, 1.82) is 0 Å². The number of hydrogen-bond donors (Lipinski definition) is 0. The van der Waals surface area contributed by atoms with Gasteiger partial charge in [-0.2, -0.15) is 0 Å². The number of amides is 1. The largest absolute Gasteiger partial charge is 0.452 e. The van der Waals surface area contributed by atoms with Gasteiger partial charge in [-0.25, -0.2) is 4.79 Å². The first kappa shape index (κ1) is 29.4. The molecule has 4 rings (SSSR count). The summed E-state index contributed by atoms with van der Waals surface area (Å²) in [5.74, 6) is -0.913. The minimum Gasteiger partial charge on any atom is -0.452 e. The van der Waals surface area contributed by atoms with Crippen molar-refractivity contribution in [3.05, 3.63) is 83.4 Å². The van der Waals surface area contributed by atoms with Crippen LogP contribution in [0.5, 0.6) is 5.75 Å². The molecule has 0 aliphatic carbocycles. The number of nitrogens with zero attached hydrogens (tertiary/aromatic N) is 1. The maximum absolute atomic E-state index is 13.5. The molecule has 0 radical (unpaired) electrons. The van der Waals surface area contributed by atoms with E-state index in [4.69, 9.17) is 9.47 Å². The molecule has 0 unspecified atom stereocenters. The molecule has 3 aromatic rings. The van der Waals surface area contributed by atoms with E-state index in [0.29, 0.717) is 24.3 Å². The van der Waals surface area contributed by atoms with Crippen LogP contribution in [-0.4, -0.2) is 17.7 Å². The van der Waals surface area contributed by atoms with Gasteiger partial charge >= 0.3 is 5.97 Å². The van der Waals surface area contributed by atoms with E-state index >= 15 is 0 Å². The second-order valence-corrected chi connectivity index (χ2v) is 12.5. The van der Waals surface area contributed by atoms with Gasteiger partial charge in [0, 0.05) is 26.0 Å². The highest BCUT2D eigenvalue weighted by atomic mass is 16.7. The van der Waals surface area contributed by atoms with Gasteiger partial charge in [0.05, 0.1) is 6.54 Å². The van der Waals surface area contributed by atoms with E-state index in [1.54, 1.807) is 19.9 Å². The molecule has 5 nitrogen and oxygen atoms in total. The van der Waals surface area contributed by atoms with Gasteiger partial charge in [-0.15, -0.1) is 0 Å². The van der Waals surface area contributed by atoms with Crippen molar-refractivity contribution in [3.63, 3.8) is 0 Å². The SMILES string of the molecule is CCCCCCc1ccc(-c2ccc(N(Cc3ccc4c(c3)OC(C)(C)OC4=O)C(=O)CC(C)(C)C)cc2)cc1. The zero-order chi connectivity index (χ0) is 28.9. The van der Waals surface area contributed by atoms with Crippen molar-refractivity contribution >= 4 is 17.6 Å². The van der Waals surface area contributed by atoms with E-state index in [1.807, 2.05) is 29.2 Å². The lowest BCUT2D eigenvalue weighted by atomic mass is 9.91. The van der Waals surface area contributed by atoms with Gasteiger partial charge in [0.15, 0.2) is 0 Å². The quantitative estimate of drug-likeness (QED) is 0.190. The van der Waals surface area contributed by atoms with Crippen molar-refractivity contribution in [1.82, 2.24) is 0 Å². The Morgan fingerprint density at radius 3 is 2.08 bits per heavy atom. The number of ether oxygens (including phenoxy) is 2. The zero-order valence-electron chi connectivity index (χ0n) is 24.9. The molecule has 0 spiro atoms. The highest BCUT2D eigenvalue weighted by Gasteiger charge is 2.34. The van der Waals surface area contributed by atoms with Gasteiger partial charge in [0.2, 0.25) is 11.7 Å². The fourth-order valence-corrected chi connectivity index (χ4v) is 4.99. The molecule has 0 fully saturated rings. The third-order valence-electron chi connectivity index (χ3n) is 7.07. The Balaban J connectivity index is 1.55. The van der Waals surface area contributed by atoms with Crippen LogP contribution in [0.3, 0.4) is 0 Å². The lowest BCUT2D eigenvalue weighted by Crippen LogP contribution is -2.39. The summed E-state index contributed by atoms with van der Waals surface area (Å²) in [6, 6.07) is 22.4. The second kappa shape index (κ2) is 12.3. The highest BCUT2D eigenvalue weighted by Crippen LogP contribution is 2.33. The smallest absolute Gasteiger partial charge is 0.345 e. The van der Waals surface area contributed by atoms with Gasteiger partial charge in [-0.1, -0.05) is 89.4 Å². The first-order valence-corrected chi connectivity index (χ1v) is 14.5. The number of carbonyl (C=O) groups is 2. The molecule has 212 valence electrons. The van der Waals surface area contributed by atoms with Gasteiger partial charge in [-0.3, -0.25) is 4.79 Å². The molecule has 3 aromatic carbocycles. The van der Waals surface area contributed by atoms with E-state index in [1.165, 1.54) is 31.2 Å². The molecule has 0 atom stereocenters. The van der Waals surface area contributed by atoms with Crippen LogP contribution in [-0.2, 0) is 22.5 Å². The van der Waals surface area contributed by atoms with E-state index in [2.05, 4.69) is 64.1 Å². The minimum atomic E-state index is -1.03. The van der Waals surface area contributed by atoms with E-state index < -0.39 is 11.8 Å². The van der Waals surface area contributed by atoms with Crippen LogP contribution in [0.2, 0.25) is 0 Å². The zero-order valence-corrected chi connectivity index (χ0v) is 24.9. The number of hydrogen-bond acceptors (Lipinski definition) is 4. The summed E-state index contributed by atoms with van der Waals surface area (Å²) in [5.41, 5.74) is 5.62. The van der Waals surface area contributed by atoms with E-state index in [-0.39, 0.29) is 11.3 Å². The standard InChI is InChI=1S/C35H43NO4/c1-7-8-9-10-11-25-12-15-27(16-13-25)28-17-19-29(20-18-28)36(32(37)23-34(2,3)4)24-26-14-21-30-31(22-26)39-35(5,6)40-33(30)38/h12-22H,7-11,23-24H2,1-6H3. The Morgan fingerprint density at radius 2 is 1.45 bits per heavy atom. The van der Waals surface area contributed by atoms with Crippen LogP contribution in [0.15, 0.2) is 66.7 Å². The van der Waals surface area contributed by atoms with Gasteiger partial charge in [0.1, 0.15) is 11.3 Å². The van der Waals surface area contributed by atoms with Gasteiger partial charge in [-0.05, 0) is 64.8 Å². The molecular formula is C35H43NO4. The topological polar surface area (TPSA) is 55.8 Å². The van der Waals surface area contributed by atoms with E-state index in [9.17, 15) is 9.59 Å². The van der Waals surface area contributed by atoms with Crippen LogP contribution in [0.1, 0.15) is 95.1 Å². The molecule has 40 heavy (non-hydrogen) atoms. The first-order chi connectivity index (χ1) is 18.9. The fourth-order valence-electron chi connectivity index (χ4n) is 4.99. The second-order valence-electron chi connectivity index (χ2n) is 12.5. The molecule has 5 heteroatoms. The van der Waals surface area contributed by atoms with Crippen molar-refractivity contribution in [2.45, 2.75) is 92.4 Å². The number of rotatable bonds is 10. The Labute approximate surface area is 239 Å². The number of carbonyl (C=O) groups excluding carboxylic acids is 2. The van der Waals surface area contributed by atoms with Crippen molar-refractivity contribution in [2.24, 2.45) is 5.41 Å². The molecule has 1 aliphatic heterocycles. The number of anilines is 1. The van der Waals surface area contributed by atoms with Crippen molar-refractivity contribution in [2.75, 3.05) is 4.90 Å². The summed E-state index contributed by atoms with van der Waals surface area (Å²) in [7, 11) is 0. The molecular weight excluding hydrogens is 498 g/mol. The summed E-state index contributed by atoms with van der Waals surface area (Å²) in [6.45, 7) is 12.2. The van der Waals surface area contributed by atoms with Crippen LogP contribution >= 0.6 is 0 Å². The third-order valence-corrected chi connectivity index (χ3v) is 7.07. The number of esters is 1. The summed E-state index contributed by atoms with van der Waals surface area (Å²) in [5, 5.41) is 0. The number of fused-ring (bicyclic) bond motifs is 1.